The van der Waals surface area contributed by atoms with Crippen LogP contribution in [-0.4, -0.2) is 21.8 Å². The highest BCUT2D eigenvalue weighted by molar-refractivity contribution is 5.66. The minimum absolute atomic E-state index is 0.0664. The second kappa shape index (κ2) is 3.54. The van der Waals surface area contributed by atoms with Crippen LogP contribution in [0.2, 0.25) is 0 Å². The number of carboxylic acid groups (broad SMARTS) is 1. The first kappa shape index (κ1) is 11.5. The van der Waals surface area contributed by atoms with Gasteiger partial charge in [-0.2, -0.15) is 0 Å². The van der Waals surface area contributed by atoms with Crippen molar-refractivity contribution in [3.8, 4) is 0 Å². The zero-order valence-corrected chi connectivity index (χ0v) is 9.21. The Morgan fingerprint density at radius 2 is 2.07 bits per heavy atom. The van der Waals surface area contributed by atoms with Gasteiger partial charge in [-0.1, -0.05) is 20.8 Å². The fraction of sp³-hybridized carbons (Fsp3) is 0.909. The second-order valence-corrected chi connectivity index (χ2v) is 5.44. The lowest BCUT2D eigenvalue weighted by molar-refractivity contribution is -0.138. The van der Waals surface area contributed by atoms with Crippen LogP contribution < -0.4 is 0 Å². The summed E-state index contributed by atoms with van der Waals surface area (Å²) in [6, 6.07) is 0. The second-order valence-electron chi connectivity index (χ2n) is 5.44. The molecule has 0 spiro atoms. The first-order valence-corrected chi connectivity index (χ1v) is 5.19. The van der Waals surface area contributed by atoms with Crippen LogP contribution in [0.15, 0.2) is 0 Å². The van der Waals surface area contributed by atoms with Gasteiger partial charge in [0, 0.05) is 6.42 Å². The van der Waals surface area contributed by atoms with E-state index in [0.29, 0.717) is 12.8 Å². The molecule has 0 amide bonds. The first-order valence-electron chi connectivity index (χ1n) is 5.19. The van der Waals surface area contributed by atoms with Crippen molar-refractivity contribution in [2.45, 2.75) is 52.1 Å². The average Bonchev–Trinajstić information content (AvgIpc) is 2.18. The number of hydrogen-bond acceptors (Lipinski definition) is 2. The van der Waals surface area contributed by atoms with Gasteiger partial charge in [-0.15, -0.1) is 0 Å². The Balaban J connectivity index is 2.61. The molecule has 3 heteroatoms. The van der Waals surface area contributed by atoms with Gasteiger partial charge in [0.15, 0.2) is 0 Å². The molecule has 2 atom stereocenters. The number of carbonyl (C=O) groups is 1. The number of aliphatic hydroxyl groups is 1. The molecule has 0 heterocycles. The molecule has 2 N–H and O–H groups in total. The molecule has 1 aliphatic rings. The van der Waals surface area contributed by atoms with Crippen LogP contribution in [0.3, 0.4) is 0 Å². The Bertz CT molecular complexity index is 235. The van der Waals surface area contributed by atoms with Gasteiger partial charge in [0.05, 0.1) is 5.60 Å². The van der Waals surface area contributed by atoms with E-state index in [2.05, 4.69) is 13.8 Å². The quantitative estimate of drug-likeness (QED) is 0.733. The predicted molar refractivity (Wildman–Crippen MR) is 54.0 cm³/mol. The standard InChI is InChI=1S/C11H20O3/c1-8-6-10(2,3)7-11(8,14)5-4-9(12)13/h8,14H,4-7H2,1-3H3,(H,12,13). The van der Waals surface area contributed by atoms with E-state index in [1.807, 2.05) is 6.92 Å². The molecule has 0 aromatic carbocycles. The molecule has 1 aliphatic carbocycles. The van der Waals surface area contributed by atoms with E-state index in [1.54, 1.807) is 0 Å². The summed E-state index contributed by atoms with van der Waals surface area (Å²) in [4.78, 5) is 10.5. The van der Waals surface area contributed by atoms with Crippen molar-refractivity contribution in [2.24, 2.45) is 11.3 Å². The van der Waals surface area contributed by atoms with E-state index in [4.69, 9.17) is 5.11 Å². The smallest absolute Gasteiger partial charge is 0.303 e. The lowest BCUT2D eigenvalue weighted by Crippen LogP contribution is -2.32. The number of rotatable bonds is 3. The zero-order chi connectivity index (χ0) is 11.0. The average molecular weight is 200 g/mol. The summed E-state index contributed by atoms with van der Waals surface area (Å²) in [5.74, 6) is -0.618. The van der Waals surface area contributed by atoms with E-state index in [9.17, 15) is 9.90 Å². The molecule has 1 saturated carbocycles. The van der Waals surface area contributed by atoms with Crippen molar-refractivity contribution in [3.63, 3.8) is 0 Å². The highest BCUT2D eigenvalue weighted by Gasteiger charge is 2.47. The van der Waals surface area contributed by atoms with Crippen LogP contribution >= 0.6 is 0 Å². The fourth-order valence-corrected chi connectivity index (χ4v) is 2.75. The molecule has 1 rings (SSSR count). The Morgan fingerprint density at radius 1 is 1.50 bits per heavy atom. The van der Waals surface area contributed by atoms with Gasteiger partial charge in [0.1, 0.15) is 0 Å². The molecular weight excluding hydrogens is 180 g/mol. The molecule has 0 aliphatic heterocycles. The molecule has 0 aromatic rings. The van der Waals surface area contributed by atoms with Crippen LogP contribution in [0.5, 0.6) is 0 Å². The van der Waals surface area contributed by atoms with E-state index in [1.165, 1.54) is 0 Å². The van der Waals surface area contributed by atoms with Crippen molar-refractivity contribution in [3.05, 3.63) is 0 Å². The van der Waals surface area contributed by atoms with Crippen LogP contribution in [0.4, 0.5) is 0 Å². The third kappa shape index (κ3) is 2.47. The first-order chi connectivity index (χ1) is 6.25. The summed E-state index contributed by atoms with van der Waals surface area (Å²) in [5.41, 5.74) is -0.617. The van der Waals surface area contributed by atoms with Crippen LogP contribution in [0.25, 0.3) is 0 Å². The summed E-state index contributed by atoms with van der Waals surface area (Å²) < 4.78 is 0. The molecule has 82 valence electrons. The van der Waals surface area contributed by atoms with Crippen molar-refractivity contribution in [2.75, 3.05) is 0 Å². The summed E-state index contributed by atoms with van der Waals surface area (Å²) in [6.45, 7) is 6.26. The van der Waals surface area contributed by atoms with Gasteiger partial charge in [-0.3, -0.25) is 4.79 Å². The van der Waals surface area contributed by atoms with Gasteiger partial charge >= 0.3 is 5.97 Å². The van der Waals surface area contributed by atoms with Gasteiger partial charge in [0.25, 0.3) is 0 Å². The van der Waals surface area contributed by atoms with Gasteiger partial charge in [-0.25, -0.2) is 0 Å². The molecule has 0 radical (unpaired) electrons. The Hall–Kier alpha value is -0.570. The minimum atomic E-state index is -0.824. The van der Waals surface area contributed by atoms with Crippen molar-refractivity contribution in [1.29, 1.82) is 0 Å². The summed E-state index contributed by atoms with van der Waals surface area (Å²) in [5, 5.41) is 18.9. The lowest BCUT2D eigenvalue weighted by Gasteiger charge is -2.27. The number of hydrogen-bond donors (Lipinski definition) is 2. The van der Waals surface area contributed by atoms with Crippen LogP contribution in [0, 0.1) is 11.3 Å². The van der Waals surface area contributed by atoms with E-state index >= 15 is 0 Å². The molecular formula is C11H20O3. The van der Waals surface area contributed by atoms with Crippen molar-refractivity contribution < 1.29 is 15.0 Å². The molecule has 3 nitrogen and oxygen atoms in total. The molecule has 0 aromatic heterocycles. The van der Waals surface area contributed by atoms with Crippen molar-refractivity contribution >= 4 is 5.97 Å². The highest BCUT2D eigenvalue weighted by atomic mass is 16.4. The normalized spacial score (nSPS) is 35.9. The molecule has 1 fully saturated rings. The third-order valence-electron chi connectivity index (χ3n) is 3.33. The maximum Gasteiger partial charge on any atom is 0.303 e. The molecule has 0 bridgehead atoms. The van der Waals surface area contributed by atoms with E-state index < -0.39 is 11.6 Å². The minimum Gasteiger partial charge on any atom is -0.481 e. The molecule has 0 saturated heterocycles. The molecule has 2 unspecified atom stereocenters. The van der Waals surface area contributed by atoms with Gasteiger partial charge < -0.3 is 10.2 Å². The van der Waals surface area contributed by atoms with Crippen molar-refractivity contribution in [1.82, 2.24) is 0 Å². The van der Waals surface area contributed by atoms with E-state index in [-0.39, 0.29) is 17.8 Å². The topological polar surface area (TPSA) is 57.5 Å². The highest BCUT2D eigenvalue weighted by Crippen LogP contribution is 2.49. The molecule has 14 heavy (non-hydrogen) atoms. The third-order valence-corrected chi connectivity index (χ3v) is 3.33. The van der Waals surface area contributed by atoms with Gasteiger partial charge in [-0.05, 0) is 30.6 Å². The summed E-state index contributed by atoms with van der Waals surface area (Å²) in [7, 11) is 0. The maximum atomic E-state index is 10.5. The number of aliphatic carboxylic acids is 1. The predicted octanol–water partition coefficient (Wildman–Crippen LogP) is 2.04. The Labute approximate surface area is 85.1 Å². The van der Waals surface area contributed by atoms with Gasteiger partial charge in [0.2, 0.25) is 0 Å². The lowest BCUT2D eigenvalue weighted by atomic mass is 9.86. The summed E-state index contributed by atoms with van der Waals surface area (Å²) >= 11 is 0. The van der Waals surface area contributed by atoms with E-state index in [0.717, 1.165) is 6.42 Å². The van der Waals surface area contributed by atoms with Crippen LogP contribution in [-0.2, 0) is 4.79 Å². The fourth-order valence-electron chi connectivity index (χ4n) is 2.75. The summed E-state index contributed by atoms with van der Waals surface area (Å²) in [6.07, 6.45) is 2.14. The SMILES string of the molecule is CC1CC(C)(C)CC1(O)CCC(=O)O. The Kier molecular flexibility index (Phi) is 2.91. The zero-order valence-electron chi connectivity index (χ0n) is 9.21. The monoisotopic (exact) mass is 200 g/mol. The maximum absolute atomic E-state index is 10.5. The number of carboxylic acids is 1. The Morgan fingerprint density at radius 3 is 2.43 bits per heavy atom. The largest absolute Gasteiger partial charge is 0.481 e. The van der Waals surface area contributed by atoms with Crippen LogP contribution in [0.1, 0.15) is 46.5 Å².